The van der Waals surface area contributed by atoms with Crippen LogP contribution in [0.4, 0.5) is 10.2 Å². The fourth-order valence-electron chi connectivity index (χ4n) is 2.76. The van der Waals surface area contributed by atoms with Gasteiger partial charge < -0.3 is 15.0 Å². The molecular weight excluding hydrogens is 333 g/mol. The number of hydrogen-bond acceptors (Lipinski definition) is 4. The number of carbonyl (C=O) groups is 1. The van der Waals surface area contributed by atoms with E-state index in [2.05, 4.69) is 15.2 Å². The number of nitrogens with zero attached hydrogens (tertiary/aromatic N) is 2. The smallest absolute Gasteiger partial charge is 0.244 e. The number of halogens is 1. The van der Waals surface area contributed by atoms with Gasteiger partial charge in [0.15, 0.2) is 0 Å². The maximum Gasteiger partial charge on any atom is 0.244 e. The lowest BCUT2D eigenvalue weighted by Gasteiger charge is -2.32. The lowest BCUT2D eigenvalue weighted by molar-refractivity contribution is -0.116. The van der Waals surface area contributed by atoms with Gasteiger partial charge in [-0.3, -0.25) is 4.79 Å². The minimum absolute atomic E-state index is 0.200. The zero-order chi connectivity index (χ0) is 18.4. The Morgan fingerprint density at radius 2 is 2.23 bits per heavy atom. The van der Waals surface area contributed by atoms with E-state index in [9.17, 15) is 9.18 Å². The van der Waals surface area contributed by atoms with Crippen molar-refractivity contribution >= 4 is 17.8 Å². The first-order chi connectivity index (χ1) is 12.6. The van der Waals surface area contributed by atoms with Crippen LogP contribution in [-0.4, -0.2) is 36.7 Å². The van der Waals surface area contributed by atoms with Gasteiger partial charge in [0.05, 0.1) is 12.7 Å². The molecule has 1 aromatic heterocycles. The first-order valence-electron chi connectivity index (χ1n) is 8.64. The van der Waals surface area contributed by atoms with E-state index >= 15 is 0 Å². The molecule has 1 fully saturated rings. The number of benzene rings is 1. The van der Waals surface area contributed by atoms with E-state index < -0.39 is 0 Å². The van der Waals surface area contributed by atoms with Gasteiger partial charge in [-0.05, 0) is 30.7 Å². The Bertz CT molecular complexity index is 777. The molecular formula is C20H22FN3O2. The summed E-state index contributed by atoms with van der Waals surface area (Å²) in [6, 6.07) is 10.2. The van der Waals surface area contributed by atoms with Gasteiger partial charge in [0.25, 0.3) is 0 Å². The van der Waals surface area contributed by atoms with Gasteiger partial charge >= 0.3 is 0 Å². The summed E-state index contributed by atoms with van der Waals surface area (Å²) in [6.45, 7) is 4.77. The van der Waals surface area contributed by atoms with E-state index in [1.165, 1.54) is 18.2 Å². The molecule has 6 heteroatoms. The van der Waals surface area contributed by atoms with Crippen LogP contribution in [0.15, 0.2) is 48.7 Å². The van der Waals surface area contributed by atoms with Crippen molar-refractivity contribution in [2.24, 2.45) is 0 Å². The van der Waals surface area contributed by atoms with Crippen LogP contribution in [-0.2, 0) is 16.1 Å². The quantitative estimate of drug-likeness (QED) is 0.838. The number of morpholine rings is 1. The molecule has 0 unspecified atom stereocenters. The molecule has 0 radical (unpaired) electrons. The Kier molecular flexibility index (Phi) is 5.96. The third-order valence-electron chi connectivity index (χ3n) is 4.16. The van der Waals surface area contributed by atoms with E-state index in [1.54, 1.807) is 24.4 Å². The van der Waals surface area contributed by atoms with Crippen LogP contribution in [0.5, 0.6) is 0 Å². The fourth-order valence-corrected chi connectivity index (χ4v) is 2.76. The second kappa shape index (κ2) is 8.58. The van der Waals surface area contributed by atoms with E-state index in [0.29, 0.717) is 18.7 Å². The van der Waals surface area contributed by atoms with Crippen LogP contribution in [0.1, 0.15) is 18.1 Å². The molecule has 1 aliphatic rings. The Morgan fingerprint density at radius 1 is 1.38 bits per heavy atom. The molecule has 1 saturated heterocycles. The molecule has 3 rings (SSSR count). The standard InChI is InChI=1S/C20H22FN3O2/c1-15-14-24(10-11-26-15)19-8-6-16(12-22-19)13-23-20(25)9-7-17-4-2-3-5-18(17)21/h2-9,12,15H,10-11,13-14H2,1H3,(H,23,25)/b9-7+/t15-/m0/s1. The van der Waals surface area contributed by atoms with Crippen molar-refractivity contribution in [3.05, 3.63) is 65.6 Å². The second-order valence-corrected chi connectivity index (χ2v) is 6.22. The molecule has 1 atom stereocenters. The molecule has 0 bridgehead atoms. The average Bonchev–Trinajstić information content (AvgIpc) is 2.66. The monoisotopic (exact) mass is 355 g/mol. The predicted molar refractivity (Wildman–Crippen MR) is 99.1 cm³/mol. The normalized spacial score (nSPS) is 17.5. The lowest BCUT2D eigenvalue weighted by atomic mass is 10.2. The summed E-state index contributed by atoms with van der Waals surface area (Å²) in [4.78, 5) is 18.5. The van der Waals surface area contributed by atoms with Crippen LogP contribution < -0.4 is 10.2 Å². The topological polar surface area (TPSA) is 54.5 Å². The summed E-state index contributed by atoms with van der Waals surface area (Å²) in [6.07, 6.45) is 4.75. The number of rotatable bonds is 5. The first kappa shape index (κ1) is 18.1. The number of amides is 1. The van der Waals surface area contributed by atoms with Gasteiger partial charge in [-0.1, -0.05) is 24.3 Å². The number of pyridine rings is 1. The van der Waals surface area contributed by atoms with Gasteiger partial charge in [-0.2, -0.15) is 0 Å². The molecule has 1 N–H and O–H groups in total. The van der Waals surface area contributed by atoms with Gasteiger partial charge in [0.2, 0.25) is 5.91 Å². The molecule has 136 valence electrons. The van der Waals surface area contributed by atoms with Crippen molar-refractivity contribution in [3.63, 3.8) is 0 Å². The maximum absolute atomic E-state index is 13.5. The van der Waals surface area contributed by atoms with Gasteiger partial charge in [0, 0.05) is 37.5 Å². The molecule has 5 nitrogen and oxygen atoms in total. The summed E-state index contributed by atoms with van der Waals surface area (Å²) < 4.78 is 19.0. The number of ether oxygens (including phenoxy) is 1. The Morgan fingerprint density at radius 3 is 2.96 bits per heavy atom. The van der Waals surface area contributed by atoms with Crippen molar-refractivity contribution in [1.29, 1.82) is 0 Å². The van der Waals surface area contributed by atoms with Crippen molar-refractivity contribution in [2.45, 2.75) is 19.6 Å². The highest BCUT2D eigenvalue weighted by Crippen LogP contribution is 2.15. The average molecular weight is 355 g/mol. The van der Waals surface area contributed by atoms with E-state index in [0.717, 1.165) is 24.5 Å². The van der Waals surface area contributed by atoms with Crippen LogP contribution >= 0.6 is 0 Å². The third-order valence-corrected chi connectivity index (χ3v) is 4.16. The Balaban J connectivity index is 1.51. The second-order valence-electron chi connectivity index (χ2n) is 6.22. The zero-order valence-electron chi connectivity index (χ0n) is 14.7. The molecule has 1 amide bonds. The summed E-state index contributed by atoms with van der Waals surface area (Å²) in [5.41, 5.74) is 1.29. The van der Waals surface area contributed by atoms with Crippen LogP contribution in [0.25, 0.3) is 6.08 Å². The Labute approximate surface area is 152 Å². The minimum Gasteiger partial charge on any atom is -0.375 e. The van der Waals surface area contributed by atoms with Gasteiger partial charge in [-0.25, -0.2) is 9.37 Å². The maximum atomic E-state index is 13.5. The zero-order valence-corrected chi connectivity index (χ0v) is 14.7. The highest BCUT2D eigenvalue weighted by Gasteiger charge is 2.17. The van der Waals surface area contributed by atoms with Crippen LogP contribution in [0.2, 0.25) is 0 Å². The van der Waals surface area contributed by atoms with Crippen molar-refractivity contribution < 1.29 is 13.9 Å². The molecule has 26 heavy (non-hydrogen) atoms. The number of anilines is 1. The fraction of sp³-hybridized carbons (Fsp3) is 0.300. The highest BCUT2D eigenvalue weighted by molar-refractivity contribution is 5.91. The van der Waals surface area contributed by atoms with E-state index in [4.69, 9.17) is 4.74 Å². The van der Waals surface area contributed by atoms with Crippen molar-refractivity contribution in [2.75, 3.05) is 24.6 Å². The van der Waals surface area contributed by atoms with Crippen LogP contribution in [0.3, 0.4) is 0 Å². The molecule has 2 aromatic rings. The molecule has 0 aliphatic carbocycles. The van der Waals surface area contributed by atoms with Crippen molar-refractivity contribution in [1.82, 2.24) is 10.3 Å². The van der Waals surface area contributed by atoms with E-state index in [1.807, 2.05) is 19.1 Å². The first-order valence-corrected chi connectivity index (χ1v) is 8.64. The molecule has 1 aliphatic heterocycles. The highest BCUT2D eigenvalue weighted by atomic mass is 19.1. The van der Waals surface area contributed by atoms with Gasteiger partial charge in [-0.15, -0.1) is 0 Å². The number of nitrogens with one attached hydrogen (secondary N) is 1. The van der Waals surface area contributed by atoms with E-state index in [-0.39, 0.29) is 17.8 Å². The van der Waals surface area contributed by atoms with Crippen molar-refractivity contribution in [3.8, 4) is 0 Å². The molecule has 0 spiro atoms. The lowest BCUT2D eigenvalue weighted by Crippen LogP contribution is -2.41. The summed E-state index contributed by atoms with van der Waals surface area (Å²) >= 11 is 0. The number of carbonyl (C=O) groups excluding carboxylic acids is 1. The Hall–Kier alpha value is -2.73. The van der Waals surface area contributed by atoms with Crippen LogP contribution in [0, 0.1) is 5.82 Å². The predicted octanol–water partition coefficient (Wildman–Crippen LogP) is 2.78. The number of aromatic nitrogens is 1. The SMILES string of the molecule is C[C@H]1CN(c2ccc(CNC(=O)/C=C/c3ccccc3F)cn2)CCO1. The largest absolute Gasteiger partial charge is 0.375 e. The number of hydrogen-bond donors (Lipinski definition) is 1. The molecule has 2 heterocycles. The third kappa shape index (κ3) is 4.89. The minimum atomic E-state index is -0.353. The summed E-state index contributed by atoms with van der Waals surface area (Å²) in [5.74, 6) is 0.280. The molecule has 1 aromatic carbocycles. The molecule has 0 saturated carbocycles. The summed E-state index contributed by atoms with van der Waals surface area (Å²) in [7, 11) is 0. The van der Waals surface area contributed by atoms with Gasteiger partial charge in [0.1, 0.15) is 11.6 Å². The summed E-state index contributed by atoms with van der Waals surface area (Å²) in [5, 5.41) is 2.77.